The van der Waals surface area contributed by atoms with Gasteiger partial charge in [0.25, 0.3) is 0 Å². The minimum atomic E-state index is -0.0930. The molecule has 31 heavy (non-hydrogen) atoms. The fraction of sp³-hybridized carbons (Fsp3) is 0.357. The Morgan fingerprint density at radius 2 is 1.52 bits per heavy atom. The number of anilines is 1. The van der Waals surface area contributed by atoms with Crippen molar-refractivity contribution in [3.05, 3.63) is 92.6 Å². The first-order chi connectivity index (χ1) is 14.6. The minimum absolute atomic E-state index is 0.0628. The van der Waals surface area contributed by atoms with E-state index in [0.717, 1.165) is 23.0 Å². The number of hydrogen-bond acceptors (Lipinski definition) is 1. The number of halogens is 2. The molecule has 0 radical (unpaired) electrons. The zero-order valence-electron chi connectivity index (χ0n) is 19.3. The van der Waals surface area contributed by atoms with Gasteiger partial charge in [0.1, 0.15) is 0 Å². The molecule has 0 unspecified atom stereocenters. The summed E-state index contributed by atoms with van der Waals surface area (Å²) in [5.74, 6) is 0. The van der Waals surface area contributed by atoms with Crippen molar-refractivity contribution >= 4 is 34.5 Å². The molecule has 0 bridgehead atoms. The van der Waals surface area contributed by atoms with E-state index in [1.165, 1.54) is 39.2 Å². The second-order valence-electron chi connectivity index (χ2n) is 9.50. The number of rotatable bonds is 4. The van der Waals surface area contributed by atoms with Gasteiger partial charge in [-0.3, -0.25) is 0 Å². The van der Waals surface area contributed by atoms with Crippen molar-refractivity contribution in [1.29, 1.82) is 0 Å². The number of allylic oxidation sites excluding steroid dienone is 6. The molecule has 0 spiro atoms. The topological polar surface area (TPSA) is 3.24 Å². The second-order valence-corrected chi connectivity index (χ2v) is 10.4. The Labute approximate surface area is 197 Å². The average molecular weight is 452 g/mol. The van der Waals surface area contributed by atoms with E-state index in [9.17, 15) is 0 Å². The van der Waals surface area contributed by atoms with Gasteiger partial charge in [-0.25, -0.2) is 0 Å². The summed E-state index contributed by atoms with van der Waals surface area (Å²) in [4.78, 5) is 2.40. The maximum atomic E-state index is 6.34. The molecule has 1 nitrogen and oxygen atoms in total. The summed E-state index contributed by atoms with van der Waals surface area (Å²) < 4.78 is 0. The van der Waals surface area contributed by atoms with Crippen LogP contribution in [0, 0.1) is 0 Å². The first-order valence-electron chi connectivity index (χ1n) is 11.1. The Hall–Kier alpha value is -1.96. The van der Waals surface area contributed by atoms with E-state index in [1.807, 2.05) is 12.1 Å². The predicted octanol–water partition coefficient (Wildman–Crippen LogP) is 8.71. The molecule has 0 fully saturated rings. The van der Waals surface area contributed by atoms with E-state index >= 15 is 0 Å². The average Bonchev–Trinajstić information content (AvgIpc) is 3.06. The van der Waals surface area contributed by atoms with Gasteiger partial charge in [0.05, 0.1) is 0 Å². The van der Waals surface area contributed by atoms with Gasteiger partial charge in [-0.2, -0.15) is 0 Å². The maximum absolute atomic E-state index is 6.34. The molecular weight excluding hydrogens is 421 g/mol. The minimum Gasteiger partial charge on any atom is -0.344 e. The Bertz CT molecular complexity index is 1130. The van der Waals surface area contributed by atoms with E-state index in [2.05, 4.69) is 88.9 Å². The van der Waals surface area contributed by atoms with Gasteiger partial charge in [-0.05, 0) is 77.6 Å². The Morgan fingerprint density at radius 1 is 0.871 bits per heavy atom. The molecule has 2 aromatic carbocycles. The highest BCUT2D eigenvalue weighted by Crippen LogP contribution is 2.50. The third-order valence-electron chi connectivity index (χ3n) is 7.02. The highest BCUT2D eigenvalue weighted by molar-refractivity contribution is 6.31. The van der Waals surface area contributed by atoms with Crippen LogP contribution in [0.5, 0.6) is 0 Å². The van der Waals surface area contributed by atoms with Crippen LogP contribution in [0.1, 0.15) is 64.7 Å². The fourth-order valence-corrected chi connectivity index (χ4v) is 5.72. The summed E-state index contributed by atoms with van der Waals surface area (Å²) in [5.41, 5.74) is 9.15. The molecule has 3 heteroatoms. The lowest BCUT2D eigenvalue weighted by molar-refractivity contribution is 0.633. The molecule has 1 aliphatic carbocycles. The van der Waals surface area contributed by atoms with Crippen LogP contribution in [-0.2, 0) is 10.8 Å². The molecule has 2 aliphatic rings. The van der Waals surface area contributed by atoms with Gasteiger partial charge in [0.2, 0.25) is 0 Å². The van der Waals surface area contributed by atoms with Crippen LogP contribution in [0.25, 0.3) is 5.57 Å². The maximum Gasteiger partial charge on any atom is 0.0451 e. The van der Waals surface area contributed by atoms with Crippen LogP contribution in [0.3, 0.4) is 0 Å². The molecule has 0 saturated carbocycles. The monoisotopic (exact) mass is 451 g/mol. The van der Waals surface area contributed by atoms with Crippen LogP contribution in [0.15, 0.2) is 65.9 Å². The first kappa shape index (κ1) is 22.2. The smallest absolute Gasteiger partial charge is 0.0451 e. The van der Waals surface area contributed by atoms with Crippen molar-refractivity contribution in [1.82, 2.24) is 0 Å². The molecule has 162 valence electrons. The molecule has 0 saturated heterocycles. The predicted molar refractivity (Wildman–Crippen MR) is 136 cm³/mol. The molecule has 0 atom stereocenters. The normalized spacial score (nSPS) is 20.1. The zero-order valence-corrected chi connectivity index (χ0v) is 20.8. The number of benzene rings is 2. The number of likely N-dealkylation sites (N-methyl/N-ethyl adjacent to an activating group) is 1. The second kappa shape index (κ2) is 7.87. The lowest BCUT2D eigenvalue weighted by atomic mass is 9.80. The molecule has 1 heterocycles. The summed E-state index contributed by atoms with van der Waals surface area (Å²) in [6, 6.07) is 12.6. The third kappa shape index (κ3) is 3.47. The van der Waals surface area contributed by atoms with Crippen molar-refractivity contribution in [2.75, 3.05) is 11.4 Å². The van der Waals surface area contributed by atoms with E-state index in [-0.39, 0.29) is 10.8 Å². The van der Waals surface area contributed by atoms with Crippen LogP contribution in [-0.4, -0.2) is 6.54 Å². The van der Waals surface area contributed by atoms with Crippen LogP contribution >= 0.6 is 23.2 Å². The Morgan fingerprint density at radius 3 is 2.16 bits per heavy atom. The first-order valence-corrected chi connectivity index (χ1v) is 11.9. The van der Waals surface area contributed by atoms with Gasteiger partial charge in [0.15, 0.2) is 0 Å². The van der Waals surface area contributed by atoms with E-state index in [4.69, 9.17) is 23.2 Å². The molecule has 4 rings (SSSR count). The molecule has 0 amide bonds. The standard InChI is InChI=1S/C28H31Cl2N/c1-7-20-21-14-12-18(29)16-23(21)27(3,4)22(20)10-9-11-26-28(5,6)24-17-19(30)13-15-25(24)31(26)8-2/h9-17H,7-8H2,1-6H3. The van der Waals surface area contributed by atoms with Crippen molar-refractivity contribution in [2.24, 2.45) is 0 Å². The molecule has 0 aromatic heterocycles. The fourth-order valence-electron chi connectivity index (χ4n) is 5.38. The summed E-state index contributed by atoms with van der Waals surface area (Å²) in [7, 11) is 0. The summed E-state index contributed by atoms with van der Waals surface area (Å²) in [6.45, 7) is 14.5. The summed E-state index contributed by atoms with van der Waals surface area (Å²) in [5, 5.41) is 1.60. The summed E-state index contributed by atoms with van der Waals surface area (Å²) >= 11 is 12.7. The Balaban J connectivity index is 1.75. The number of hydrogen-bond donors (Lipinski definition) is 0. The zero-order chi connectivity index (χ0) is 22.6. The van der Waals surface area contributed by atoms with Crippen LogP contribution in [0.4, 0.5) is 5.69 Å². The summed E-state index contributed by atoms with van der Waals surface area (Å²) in [6.07, 6.45) is 7.82. The molecule has 1 aliphatic heterocycles. The van der Waals surface area contributed by atoms with Gasteiger partial charge < -0.3 is 4.90 Å². The third-order valence-corrected chi connectivity index (χ3v) is 7.49. The number of fused-ring (bicyclic) bond motifs is 2. The van der Waals surface area contributed by atoms with Gasteiger partial charge in [0, 0.05) is 38.8 Å². The van der Waals surface area contributed by atoms with Crippen molar-refractivity contribution in [2.45, 2.75) is 58.8 Å². The van der Waals surface area contributed by atoms with E-state index < -0.39 is 0 Å². The van der Waals surface area contributed by atoms with Crippen molar-refractivity contribution < 1.29 is 0 Å². The molecular formula is C28H31Cl2N. The van der Waals surface area contributed by atoms with E-state index in [0.29, 0.717) is 0 Å². The Kier molecular flexibility index (Phi) is 5.65. The van der Waals surface area contributed by atoms with Crippen LogP contribution < -0.4 is 4.90 Å². The van der Waals surface area contributed by atoms with Crippen LogP contribution in [0.2, 0.25) is 10.0 Å². The quantitative estimate of drug-likeness (QED) is 0.448. The van der Waals surface area contributed by atoms with Crippen molar-refractivity contribution in [3.8, 4) is 0 Å². The lowest BCUT2D eigenvalue weighted by Crippen LogP contribution is -2.25. The molecule has 2 aromatic rings. The number of nitrogens with zero attached hydrogens (tertiary/aromatic N) is 1. The van der Waals surface area contributed by atoms with Gasteiger partial charge in [-0.15, -0.1) is 0 Å². The lowest BCUT2D eigenvalue weighted by Gasteiger charge is -2.26. The highest BCUT2D eigenvalue weighted by Gasteiger charge is 2.39. The largest absolute Gasteiger partial charge is 0.344 e. The van der Waals surface area contributed by atoms with Crippen molar-refractivity contribution in [3.63, 3.8) is 0 Å². The SMILES string of the molecule is CCC1=C(C=CC=C2N(CC)c3ccc(Cl)cc3C2(C)C)C(C)(C)c2cc(Cl)ccc21. The van der Waals surface area contributed by atoms with Gasteiger partial charge in [-0.1, -0.05) is 76.0 Å². The van der Waals surface area contributed by atoms with Gasteiger partial charge >= 0.3 is 0 Å². The molecule has 0 N–H and O–H groups in total. The van der Waals surface area contributed by atoms with E-state index in [1.54, 1.807) is 0 Å². The highest BCUT2D eigenvalue weighted by atomic mass is 35.5.